The van der Waals surface area contributed by atoms with Crippen LogP contribution in [0.3, 0.4) is 0 Å². The highest BCUT2D eigenvalue weighted by Gasteiger charge is 2.24. The maximum atomic E-state index is 10.1. The van der Waals surface area contributed by atoms with E-state index in [1.165, 1.54) is 11.1 Å². The van der Waals surface area contributed by atoms with Crippen molar-refractivity contribution >= 4 is 0 Å². The van der Waals surface area contributed by atoms with Crippen molar-refractivity contribution in [2.24, 2.45) is 0 Å². The number of rotatable bonds is 3. The number of imidazole rings is 1. The minimum absolute atomic E-state index is 0.0463. The third kappa shape index (κ3) is 2.17. The van der Waals surface area contributed by atoms with Gasteiger partial charge in [0.1, 0.15) is 11.9 Å². The van der Waals surface area contributed by atoms with E-state index in [9.17, 15) is 5.11 Å². The molecule has 0 saturated heterocycles. The molecule has 0 fully saturated rings. The first-order valence-electron chi connectivity index (χ1n) is 6.21. The average molecular weight is 244 g/mol. The van der Waals surface area contributed by atoms with E-state index < -0.39 is 6.10 Å². The van der Waals surface area contributed by atoms with Crippen LogP contribution in [0, 0.1) is 0 Å². The highest BCUT2D eigenvalue weighted by Crippen LogP contribution is 2.33. The van der Waals surface area contributed by atoms with Gasteiger partial charge in [0, 0.05) is 18.8 Å². The zero-order valence-electron chi connectivity index (χ0n) is 10.0. The monoisotopic (exact) mass is 244 g/mol. The molecule has 3 rings (SSSR count). The molecule has 2 aromatic rings. The van der Waals surface area contributed by atoms with Crippen molar-refractivity contribution in [1.82, 2.24) is 9.97 Å². The van der Waals surface area contributed by atoms with Crippen molar-refractivity contribution in [1.29, 1.82) is 0 Å². The molecule has 94 valence electrons. The lowest BCUT2D eigenvalue weighted by Gasteiger charge is -2.27. The number of fused-ring (bicyclic) bond motifs is 1. The van der Waals surface area contributed by atoms with Crippen LogP contribution in [-0.2, 0) is 11.2 Å². The number of H-pyrrole nitrogens is 1. The predicted molar refractivity (Wildman–Crippen MR) is 67.0 cm³/mol. The Hall–Kier alpha value is -1.65. The molecular formula is C14H16N2O2. The number of hydrogen-bond donors (Lipinski definition) is 2. The number of nitrogens with one attached hydrogen (secondary N) is 1. The van der Waals surface area contributed by atoms with Crippen LogP contribution in [0.25, 0.3) is 0 Å². The third-order valence-electron chi connectivity index (χ3n) is 3.36. The molecule has 0 bridgehead atoms. The van der Waals surface area contributed by atoms with Crippen LogP contribution in [0.15, 0.2) is 36.7 Å². The molecule has 0 radical (unpaired) electrons. The van der Waals surface area contributed by atoms with Gasteiger partial charge in [0.25, 0.3) is 0 Å². The number of hydrogen-bond acceptors (Lipinski definition) is 3. The maximum absolute atomic E-state index is 10.1. The molecule has 0 spiro atoms. The number of aromatic amines is 1. The van der Waals surface area contributed by atoms with E-state index >= 15 is 0 Å². The van der Waals surface area contributed by atoms with Crippen molar-refractivity contribution in [3.63, 3.8) is 0 Å². The van der Waals surface area contributed by atoms with Gasteiger partial charge in [-0.2, -0.15) is 0 Å². The van der Waals surface area contributed by atoms with E-state index in [-0.39, 0.29) is 6.10 Å². The quantitative estimate of drug-likeness (QED) is 0.869. The Morgan fingerprint density at radius 3 is 3.17 bits per heavy atom. The van der Waals surface area contributed by atoms with E-state index in [1.807, 2.05) is 12.1 Å². The molecule has 1 aromatic heterocycles. The summed E-state index contributed by atoms with van der Waals surface area (Å²) in [6.07, 6.45) is 4.18. The minimum Gasteiger partial charge on any atom is -0.385 e. The molecule has 2 N–H and O–H groups in total. The lowest BCUT2D eigenvalue weighted by atomic mass is 9.94. The fourth-order valence-electron chi connectivity index (χ4n) is 2.45. The molecule has 1 aliphatic heterocycles. The first-order valence-corrected chi connectivity index (χ1v) is 6.21. The summed E-state index contributed by atoms with van der Waals surface area (Å²) in [6.45, 7) is 0.715. The Bertz CT molecular complexity index is 510. The SMILES string of the molecule is OC(CC1OCCc2ccccc21)c1ncc[nH]1. The first kappa shape index (κ1) is 11.4. The summed E-state index contributed by atoms with van der Waals surface area (Å²) in [5.41, 5.74) is 2.51. The van der Waals surface area contributed by atoms with Gasteiger partial charge in [-0.3, -0.25) is 0 Å². The largest absolute Gasteiger partial charge is 0.385 e. The van der Waals surface area contributed by atoms with Crippen molar-refractivity contribution in [2.45, 2.75) is 25.0 Å². The minimum atomic E-state index is -0.615. The summed E-state index contributed by atoms with van der Waals surface area (Å²) in [5, 5.41) is 10.1. The van der Waals surface area contributed by atoms with Crippen molar-refractivity contribution in [3.8, 4) is 0 Å². The number of aromatic nitrogens is 2. The molecule has 0 saturated carbocycles. The summed E-state index contributed by atoms with van der Waals surface area (Å²) < 4.78 is 5.77. The highest BCUT2D eigenvalue weighted by molar-refractivity contribution is 5.31. The lowest BCUT2D eigenvalue weighted by molar-refractivity contribution is 0.00194. The maximum Gasteiger partial charge on any atom is 0.135 e. The topological polar surface area (TPSA) is 58.1 Å². The molecular weight excluding hydrogens is 228 g/mol. The van der Waals surface area contributed by atoms with Gasteiger partial charge in [-0.05, 0) is 17.5 Å². The van der Waals surface area contributed by atoms with Crippen LogP contribution >= 0.6 is 0 Å². The second-order valence-corrected chi connectivity index (χ2v) is 4.53. The Balaban J connectivity index is 1.78. The normalized spacial score (nSPS) is 20.4. The van der Waals surface area contributed by atoms with Crippen LogP contribution in [0.2, 0.25) is 0 Å². The van der Waals surface area contributed by atoms with Gasteiger partial charge in [0.15, 0.2) is 0 Å². The van der Waals surface area contributed by atoms with E-state index in [1.54, 1.807) is 12.4 Å². The van der Waals surface area contributed by atoms with Crippen LogP contribution in [0.5, 0.6) is 0 Å². The van der Waals surface area contributed by atoms with E-state index in [0.717, 1.165) is 6.42 Å². The van der Waals surface area contributed by atoms with Crippen LogP contribution in [0.1, 0.15) is 35.6 Å². The molecule has 1 aliphatic rings. The Labute approximate surface area is 106 Å². The number of benzene rings is 1. The lowest BCUT2D eigenvalue weighted by Crippen LogP contribution is -2.18. The number of ether oxygens (including phenoxy) is 1. The van der Waals surface area contributed by atoms with Crippen molar-refractivity contribution < 1.29 is 9.84 Å². The molecule has 1 aromatic carbocycles. The van der Waals surface area contributed by atoms with Gasteiger partial charge in [-0.15, -0.1) is 0 Å². The summed E-state index contributed by atoms with van der Waals surface area (Å²) in [5.74, 6) is 0.599. The first-order chi connectivity index (χ1) is 8.84. The zero-order chi connectivity index (χ0) is 12.4. The molecule has 2 unspecified atom stereocenters. The predicted octanol–water partition coefficient (Wildman–Crippen LogP) is 2.15. The molecule has 18 heavy (non-hydrogen) atoms. The second kappa shape index (κ2) is 4.92. The molecule has 2 atom stereocenters. The van der Waals surface area contributed by atoms with E-state index in [2.05, 4.69) is 22.1 Å². The molecule has 4 heteroatoms. The summed E-state index contributed by atoms with van der Waals surface area (Å²) in [7, 11) is 0. The second-order valence-electron chi connectivity index (χ2n) is 4.53. The fraction of sp³-hybridized carbons (Fsp3) is 0.357. The molecule has 0 amide bonds. The standard InChI is InChI=1S/C14H16N2O2/c17-12(14-15-6-7-16-14)9-13-11-4-2-1-3-10(11)5-8-18-13/h1-4,6-7,12-13,17H,5,8-9H2,(H,15,16). The highest BCUT2D eigenvalue weighted by atomic mass is 16.5. The summed E-state index contributed by atoms with van der Waals surface area (Å²) in [4.78, 5) is 7.01. The van der Waals surface area contributed by atoms with Gasteiger partial charge in [-0.1, -0.05) is 24.3 Å². The Kier molecular flexibility index (Phi) is 3.13. The summed E-state index contributed by atoms with van der Waals surface area (Å²) >= 11 is 0. The molecule has 4 nitrogen and oxygen atoms in total. The zero-order valence-corrected chi connectivity index (χ0v) is 10.0. The van der Waals surface area contributed by atoms with Gasteiger partial charge < -0.3 is 14.8 Å². The van der Waals surface area contributed by atoms with Crippen LogP contribution in [-0.4, -0.2) is 21.7 Å². The van der Waals surface area contributed by atoms with Gasteiger partial charge in [0.05, 0.1) is 12.7 Å². The van der Waals surface area contributed by atoms with E-state index in [4.69, 9.17) is 4.74 Å². The summed E-state index contributed by atoms with van der Waals surface area (Å²) in [6, 6.07) is 8.27. The average Bonchev–Trinajstić information content (AvgIpc) is 2.93. The number of nitrogens with zero attached hydrogens (tertiary/aromatic N) is 1. The number of aliphatic hydroxyl groups excluding tert-OH is 1. The van der Waals surface area contributed by atoms with Gasteiger partial charge in [0.2, 0.25) is 0 Å². The Morgan fingerprint density at radius 1 is 1.44 bits per heavy atom. The van der Waals surface area contributed by atoms with Gasteiger partial charge >= 0.3 is 0 Å². The Morgan fingerprint density at radius 2 is 2.33 bits per heavy atom. The molecule has 2 heterocycles. The van der Waals surface area contributed by atoms with Crippen molar-refractivity contribution in [3.05, 3.63) is 53.6 Å². The van der Waals surface area contributed by atoms with Gasteiger partial charge in [-0.25, -0.2) is 4.98 Å². The van der Waals surface area contributed by atoms with Crippen LogP contribution < -0.4 is 0 Å². The molecule has 0 aliphatic carbocycles. The third-order valence-corrected chi connectivity index (χ3v) is 3.36. The smallest absolute Gasteiger partial charge is 0.135 e. The van der Waals surface area contributed by atoms with Crippen LogP contribution in [0.4, 0.5) is 0 Å². The fourth-order valence-corrected chi connectivity index (χ4v) is 2.45. The van der Waals surface area contributed by atoms with E-state index in [0.29, 0.717) is 18.9 Å². The number of aliphatic hydroxyl groups is 1. The van der Waals surface area contributed by atoms with Crippen molar-refractivity contribution in [2.75, 3.05) is 6.61 Å².